The number of piperidine rings is 1. The molecule has 1 aromatic carbocycles. The Morgan fingerprint density at radius 1 is 1.32 bits per heavy atom. The van der Waals surface area contributed by atoms with E-state index in [9.17, 15) is 9.59 Å². The van der Waals surface area contributed by atoms with Gasteiger partial charge in [0.25, 0.3) is 6.47 Å². The summed E-state index contributed by atoms with van der Waals surface area (Å²) in [6, 6.07) is 6.49. The van der Waals surface area contributed by atoms with Crippen molar-refractivity contribution < 1.29 is 19.4 Å². The Kier molecular flexibility index (Phi) is 6.11. The summed E-state index contributed by atoms with van der Waals surface area (Å²) in [5.41, 5.74) is 0.256. The molecule has 6 heteroatoms. The highest BCUT2D eigenvalue weighted by Gasteiger charge is 2.38. The van der Waals surface area contributed by atoms with Crippen LogP contribution in [0, 0.1) is 0 Å². The van der Waals surface area contributed by atoms with E-state index < -0.39 is 11.6 Å². The number of nitrogens with zero attached hydrogens (tertiary/aromatic N) is 2. The van der Waals surface area contributed by atoms with Crippen LogP contribution in [0.2, 0.25) is 0 Å². The third kappa shape index (κ3) is 4.15. The minimum Gasteiger partial charge on any atom is -0.478 e. The van der Waals surface area contributed by atoms with Crippen LogP contribution in [-0.2, 0) is 15.1 Å². The second-order valence-corrected chi connectivity index (χ2v) is 5.79. The number of ether oxygens (including phenoxy) is 1. The first-order valence-corrected chi connectivity index (χ1v) is 8.06. The molecule has 0 unspecified atom stereocenters. The van der Waals surface area contributed by atoms with Crippen LogP contribution in [0.5, 0.6) is 0 Å². The van der Waals surface area contributed by atoms with Crippen molar-refractivity contribution in [2.45, 2.75) is 25.4 Å². The number of carbonyl (C=O) groups excluding carboxylic acids is 1. The monoisotopic (exact) mass is 342 g/mol. The Hall–Kier alpha value is -2.89. The van der Waals surface area contributed by atoms with Gasteiger partial charge in [0.05, 0.1) is 5.56 Å². The van der Waals surface area contributed by atoms with Crippen LogP contribution in [0.3, 0.4) is 0 Å². The van der Waals surface area contributed by atoms with E-state index >= 15 is 0 Å². The van der Waals surface area contributed by atoms with E-state index in [1.807, 2.05) is 25.2 Å². The summed E-state index contributed by atoms with van der Waals surface area (Å²) in [6.45, 7) is 7.30. The number of carbonyl (C=O) groups is 2. The predicted octanol–water partition coefficient (Wildman–Crippen LogP) is 2.97. The second-order valence-electron chi connectivity index (χ2n) is 5.79. The molecule has 0 radical (unpaired) electrons. The summed E-state index contributed by atoms with van der Waals surface area (Å²) in [5, 5.41) is 9.03. The largest absolute Gasteiger partial charge is 0.478 e. The highest BCUT2D eigenvalue weighted by Crippen LogP contribution is 2.37. The SMILES string of the molecule is C=N/C(=C\C=C/C)N1CCC(OC=O)(c2ccc(C(=O)O)cc2)CC1. The van der Waals surface area contributed by atoms with Gasteiger partial charge in [-0.05, 0) is 37.4 Å². The molecular weight excluding hydrogens is 320 g/mol. The number of carboxylic acid groups (broad SMARTS) is 1. The normalized spacial score (nSPS) is 17.3. The summed E-state index contributed by atoms with van der Waals surface area (Å²) in [6.07, 6.45) is 6.88. The Morgan fingerprint density at radius 2 is 1.96 bits per heavy atom. The lowest BCUT2D eigenvalue weighted by Crippen LogP contribution is -2.43. The number of allylic oxidation sites excluding steroid dienone is 3. The molecule has 0 bridgehead atoms. The topological polar surface area (TPSA) is 79.2 Å². The number of hydrogen-bond donors (Lipinski definition) is 1. The van der Waals surface area contributed by atoms with Gasteiger partial charge in [0.1, 0.15) is 11.4 Å². The molecule has 1 N–H and O–H groups in total. The van der Waals surface area contributed by atoms with Crippen molar-refractivity contribution in [3.05, 3.63) is 59.4 Å². The molecule has 0 saturated carbocycles. The van der Waals surface area contributed by atoms with E-state index in [2.05, 4.69) is 16.6 Å². The smallest absolute Gasteiger partial charge is 0.335 e. The average molecular weight is 342 g/mol. The van der Waals surface area contributed by atoms with Crippen molar-refractivity contribution in [2.75, 3.05) is 13.1 Å². The molecule has 6 nitrogen and oxygen atoms in total. The molecule has 25 heavy (non-hydrogen) atoms. The fourth-order valence-electron chi connectivity index (χ4n) is 3.02. The van der Waals surface area contributed by atoms with Gasteiger partial charge in [0.15, 0.2) is 0 Å². The number of rotatable bonds is 7. The van der Waals surface area contributed by atoms with Crippen molar-refractivity contribution in [1.29, 1.82) is 0 Å². The summed E-state index contributed by atoms with van der Waals surface area (Å²) < 4.78 is 5.47. The minimum absolute atomic E-state index is 0.204. The zero-order chi connectivity index (χ0) is 18.3. The van der Waals surface area contributed by atoms with E-state index in [-0.39, 0.29) is 5.56 Å². The molecule has 2 rings (SSSR count). The number of benzene rings is 1. The van der Waals surface area contributed by atoms with Crippen LogP contribution in [-0.4, -0.2) is 42.3 Å². The standard InChI is InChI=1S/C19H22N2O4/c1-3-4-5-17(20-2)21-12-10-19(11-13-21,25-14-22)16-8-6-15(7-9-16)18(23)24/h3-9,14H,2,10-13H2,1H3,(H,23,24)/b4-3-,17-5+. The average Bonchev–Trinajstić information content (AvgIpc) is 2.64. The fourth-order valence-corrected chi connectivity index (χ4v) is 3.02. The first kappa shape index (κ1) is 18.4. The molecule has 1 aliphatic heterocycles. The molecule has 132 valence electrons. The Morgan fingerprint density at radius 3 is 2.44 bits per heavy atom. The Balaban J connectivity index is 2.21. The maximum absolute atomic E-state index is 11.1. The van der Waals surface area contributed by atoms with Crippen molar-refractivity contribution in [2.24, 2.45) is 4.99 Å². The van der Waals surface area contributed by atoms with Crippen LogP contribution < -0.4 is 0 Å². The molecule has 1 saturated heterocycles. The zero-order valence-corrected chi connectivity index (χ0v) is 14.2. The quantitative estimate of drug-likeness (QED) is 0.468. The van der Waals surface area contributed by atoms with Crippen LogP contribution in [0.4, 0.5) is 0 Å². The number of aromatic carboxylic acids is 1. The number of likely N-dealkylation sites (tertiary alicyclic amines) is 1. The molecule has 0 spiro atoms. The highest BCUT2D eigenvalue weighted by atomic mass is 16.5. The lowest BCUT2D eigenvalue weighted by molar-refractivity contribution is -0.150. The lowest BCUT2D eigenvalue weighted by atomic mass is 9.83. The summed E-state index contributed by atoms with van der Waals surface area (Å²) in [7, 11) is 0. The predicted molar refractivity (Wildman–Crippen MR) is 95.5 cm³/mol. The van der Waals surface area contributed by atoms with Gasteiger partial charge in [-0.2, -0.15) is 0 Å². The lowest BCUT2D eigenvalue weighted by Gasteiger charge is -2.41. The number of aliphatic imine (C=N–C) groups is 1. The van der Waals surface area contributed by atoms with Gasteiger partial charge in [-0.15, -0.1) is 0 Å². The maximum atomic E-state index is 11.1. The maximum Gasteiger partial charge on any atom is 0.335 e. The minimum atomic E-state index is -0.984. The van der Waals surface area contributed by atoms with Gasteiger partial charge in [0, 0.05) is 25.9 Å². The molecule has 0 aliphatic carbocycles. The van der Waals surface area contributed by atoms with E-state index in [0.29, 0.717) is 32.4 Å². The van der Waals surface area contributed by atoms with Gasteiger partial charge in [-0.25, -0.2) is 9.79 Å². The molecule has 1 aliphatic rings. The summed E-state index contributed by atoms with van der Waals surface area (Å²) in [5.74, 6) is -0.207. The van der Waals surface area contributed by atoms with E-state index in [0.717, 1.165) is 11.4 Å². The third-order valence-electron chi connectivity index (χ3n) is 4.43. The number of hydrogen-bond acceptors (Lipinski definition) is 5. The highest BCUT2D eigenvalue weighted by molar-refractivity contribution is 5.87. The molecule has 0 amide bonds. The van der Waals surface area contributed by atoms with Gasteiger partial charge < -0.3 is 14.7 Å². The first-order valence-electron chi connectivity index (χ1n) is 8.06. The van der Waals surface area contributed by atoms with Gasteiger partial charge in [-0.1, -0.05) is 24.3 Å². The van der Waals surface area contributed by atoms with Crippen molar-refractivity contribution >= 4 is 19.2 Å². The molecular formula is C19H22N2O4. The molecule has 1 heterocycles. The van der Waals surface area contributed by atoms with Gasteiger partial charge in [-0.3, -0.25) is 4.79 Å². The summed E-state index contributed by atoms with van der Waals surface area (Å²) >= 11 is 0. The van der Waals surface area contributed by atoms with Gasteiger partial charge in [0.2, 0.25) is 0 Å². The molecule has 1 aromatic rings. The van der Waals surface area contributed by atoms with E-state index in [1.54, 1.807) is 12.1 Å². The van der Waals surface area contributed by atoms with E-state index in [4.69, 9.17) is 9.84 Å². The van der Waals surface area contributed by atoms with Crippen LogP contribution >= 0.6 is 0 Å². The van der Waals surface area contributed by atoms with Gasteiger partial charge >= 0.3 is 5.97 Å². The Bertz CT molecular complexity index is 684. The first-order chi connectivity index (χ1) is 12.1. The third-order valence-corrected chi connectivity index (χ3v) is 4.43. The summed E-state index contributed by atoms with van der Waals surface area (Å²) in [4.78, 5) is 28.2. The van der Waals surface area contributed by atoms with Crippen LogP contribution in [0.1, 0.15) is 35.7 Å². The van der Waals surface area contributed by atoms with Crippen molar-refractivity contribution in [3.63, 3.8) is 0 Å². The van der Waals surface area contributed by atoms with Crippen molar-refractivity contribution in [1.82, 2.24) is 4.90 Å². The zero-order valence-electron chi connectivity index (χ0n) is 14.2. The number of carboxylic acids is 1. The van der Waals surface area contributed by atoms with E-state index in [1.165, 1.54) is 12.1 Å². The molecule has 0 atom stereocenters. The van der Waals surface area contributed by atoms with Crippen LogP contribution in [0.25, 0.3) is 0 Å². The fraction of sp³-hybridized carbons (Fsp3) is 0.316. The second kappa shape index (κ2) is 8.28. The van der Waals surface area contributed by atoms with Crippen LogP contribution in [0.15, 0.2) is 53.3 Å². The van der Waals surface area contributed by atoms with Crippen molar-refractivity contribution in [3.8, 4) is 0 Å². The molecule has 0 aromatic heterocycles. The Labute approximate surface area is 147 Å². The molecule has 1 fully saturated rings.